The van der Waals surface area contributed by atoms with Crippen molar-refractivity contribution < 1.29 is 4.39 Å². The molecule has 0 aromatic heterocycles. The SMILES string of the molecule is CCNCc1c(F)cccc1Sc1ccc(C)c(C)c1. The van der Waals surface area contributed by atoms with Crippen LogP contribution in [0, 0.1) is 19.7 Å². The van der Waals surface area contributed by atoms with E-state index in [2.05, 4.69) is 37.4 Å². The van der Waals surface area contributed by atoms with Gasteiger partial charge in [0.2, 0.25) is 0 Å². The quantitative estimate of drug-likeness (QED) is 0.856. The standard InChI is InChI=1S/C17H20FNS/c1-4-19-11-15-16(18)6-5-7-17(15)20-14-9-8-12(2)13(3)10-14/h5-10,19H,4,11H2,1-3H3. The molecule has 0 fully saturated rings. The van der Waals surface area contributed by atoms with E-state index in [4.69, 9.17) is 0 Å². The Hall–Kier alpha value is -1.32. The Kier molecular flexibility index (Phi) is 5.21. The van der Waals surface area contributed by atoms with Crippen LogP contribution in [0.15, 0.2) is 46.2 Å². The molecule has 20 heavy (non-hydrogen) atoms. The number of halogens is 1. The van der Waals surface area contributed by atoms with Crippen LogP contribution < -0.4 is 5.32 Å². The largest absolute Gasteiger partial charge is 0.313 e. The topological polar surface area (TPSA) is 12.0 Å². The van der Waals surface area contributed by atoms with Crippen LogP contribution in [0.2, 0.25) is 0 Å². The second-order valence-electron chi connectivity index (χ2n) is 4.84. The summed E-state index contributed by atoms with van der Waals surface area (Å²) in [6.07, 6.45) is 0. The lowest BCUT2D eigenvalue weighted by molar-refractivity contribution is 0.586. The fourth-order valence-electron chi connectivity index (χ4n) is 1.96. The molecule has 1 N–H and O–H groups in total. The van der Waals surface area contributed by atoms with E-state index in [-0.39, 0.29) is 5.82 Å². The van der Waals surface area contributed by atoms with Gasteiger partial charge in [-0.15, -0.1) is 0 Å². The second-order valence-corrected chi connectivity index (χ2v) is 5.96. The monoisotopic (exact) mass is 289 g/mol. The number of benzene rings is 2. The maximum Gasteiger partial charge on any atom is 0.128 e. The third-order valence-electron chi connectivity index (χ3n) is 3.33. The first-order chi connectivity index (χ1) is 9.61. The molecule has 0 aliphatic carbocycles. The predicted molar refractivity (Wildman–Crippen MR) is 83.8 cm³/mol. The summed E-state index contributed by atoms with van der Waals surface area (Å²) in [5.74, 6) is -0.139. The molecule has 0 unspecified atom stereocenters. The van der Waals surface area contributed by atoms with E-state index in [1.54, 1.807) is 17.8 Å². The van der Waals surface area contributed by atoms with E-state index in [9.17, 15) is 4.39 Å². The van der Waals surface area contributed by atoms with E-state index in [1.165, 1.54) is 17.2 Å². The lowest BCUT2D eigenvalue weighted by Gasteiger charge is -2.11. The van der Waals surface area contributed by atoms with E-state index < -0.39 is 0 Å². The first kappa shape index (κ1) is 15.1. The van der Waals surface area contributed by atoms with Gasteiger partial charge in [-0.3, -0.25) is 0 Å². The molecule has 0 radical (unpaired) electrons. The zero-order valence-electron chi connectivity index (χ0n) is 12.2. The smallest absolute Gasteiger partial charge is 0.128 e. The van der Waals surface area contributed by atoms with Crippen LogP contribution >= 0.6 is 11.8 Å². The zero-order valence-corrected chi connectivity index (χ0v) is 13.0. The van der Waals surface area contributed by atoms with Crippen molar-refractivity contribution in [1.29, 1.82) is 0 Å². The first-order valence-corrected chi connectivity index (χ1v) is 7.66. The molecule has 0 atom stereocenters. The molecular formula is C17H20FNS. The normalized spacial score (nSPS) is 10.8. The Morgan fingerprint density at radius 3 is 2.60 bits per heavy atom. The van der Waals surface area contributed by atoms with Crippen molar-refractivity contribution in [1.82, 2.24) is 5.32 Å². The molecule has 0 amide bonds. The van der Waals surface area contributed by atoms with Crippen molar-refractivity contribution in [2.75, 3.05) is 6.54 Å². The van der Waals surface area contributed by atoms with E-state index >= 15 is 0 Å². The fraction of sp³-hybridized carbons (Fsp3) is 0.294. The minimum atomic E-state index is -0.139. The molecule has 3 heteroatoms. The number of hydrogen-bond acceptors (Lipinski definition) is 2. The molecule has 0 bridgehead atoms. The zero-order chi connectivity index (χ0) is 14.5. The van der Waals surface area contributed by atoms with Crippen molar-refractivity contribution in [3.05, 3.63) is 58.9 Å². The van der Waals surface area contributed by atoms with Crippen LogP contribution in [0.3, 0.4) is 0 Å². The average molecular weight is 289 g/mol. The lowest BCUT2D eigenvalue weighted by atomic mass is 10.1. The number of nitrogens with one attached hydrogen (secondary N) is 1. The Bertz CT molecular complexity index is 596. The van der Waals surface area contributed by atoms with Gasteiger partial charge >= 0.3 is 0 Å². The minimum Gasteiger partial charge on any atom is -0.313 e. The third-order valence-corrected chi connectivity index (χ3v) is 4.43. The molecule has 0 heterocycles. The first-order valence-electron chi connectivity index (χ1n) is 6.85. The van der Waals surface area contributed by atoms with Crippen LogP contribution in [0.5, 0.6) is 0 Å². The maximum absolute atomic E-state index is 14.0. The van der Waals surface area contributed by atoms with Gasteiger partial charge in [-0.05, 0) is 55.8 Å². The molecule has 0 aliphatic heterocycles. The summed E-state index contributed by atoms with van der Waals surface area (Å²) in [6.45, 7) is 7.63. The van der Waals surface area contributed by atoms with Gasteiger partial charge in [0.05, 0.1) is 0 Å². The van der Waals surface area contributed by atoms with Gasteiger partial charge in [-0.2, -0.15) is 0 Å². The lowest BCUT2D eigenvalue weighted by Crippen LogP contribution is -2.13. The molecule has 0 saturated carbocycles. The van der Waals surface area contributed by atoms with Gasteiger partial charge in [0.15, 0.2) is 0 Å². The fourth-order valence-corrected chi connectivity index (χ4v) is 3.03. The van der Waals surface area contributed by atoms with E-state index in [1.807, 2.05) is 13.0 Å². The minimum absolute atomic E-state index is 0.139. The highest BCUT2D eigenvalue weighted by molar-refractivity contribution is 7.99. The molecule has 0 saturated heterocycles. The Morgan fingerprint density at radius 1 is 1.10 bits per heavy atom. The summed E-state index contributed by atoms with van der Waals surface area (Å²) in [4.78, 5) is 2.13. The van der Waals surface area contributed by atoms with Crippen molar-refractivity contribution in [3.8, 4) is 0 Å². The molecule has 2 aromatic rings. The molecule has 106 valence electrons. The summed E-state index contributed by atoms with van der Waals surface area (Å²) in [5.41, 5.74) is 3.29. The van der Waals surface area contributed by atoms with Crippen molar-refractivity contribution in [3.63, 3.8) is 0 Å². The van der Waals surface area contributed by atoms with Gasteiger partial charge in [0.1, 0.15) is 5.82 Å². The second kappa shape index (κ2) is 6.91. The summed E-state index contributed by atoms with van der Waals surface area (Å²) in [7, 11) is 0. The summed E-state index contributed by atoms with van der Waals surface area (Å²) >= 11 is 1.62. The van der Waals surface area contributed by atoms with E-state index in [0.717, 1.165) is 21.9 Å². The van der Waals surface area contributed by atoms with Crippen LogP contribution in [0.4, 0.5) is 4.39 Å². The maximum atomic E-state index is 14.0. The highest BCUT2D eigenvalue weighted by atomic mass is 32.2. The van der Waals surface area contributed by atoms with Crippen LogP contribution in [-0.2, 0) is 6.54 Å². The van der Waals surface area contributed by atoms with Crippen molar-refractivity contribution in [2.45, 2.75) is 37.1 Å². The number of rotatable bonds is 5. The molecule has 0 aliphatic rings. The van der Waals surface area contributed by atoms with Crippen LogP contribution in [-0.4, -0.2) is 6.54 Å². The van der Waals surface area contributed by atoms with Gasteiger partial charge in [0, 0.05) is 21.9 Å². The molecule has 0 spiro atoms. The van der Waals surface area contributed by atoms with E-state index in [0.29, 0.717) is 6.54 Å². The van der Waals surface area contributed by atoms with Gasteiger partial charge in [-0.25, -0.2) is 4.39 Å². The third kappa shape index (κ3) is 3.62. The van der Waals surface area contributed by atoms with Gasteiger partial charge in [-0.1, -0.05) is 30.8 Å². The average Bonchev–Trinajstić information content (AvgIpc) is 2.42. The Morgan fingerprint density at radius 2 is 1.90 bits per heavy atom. The summed E-state index contributed by atoms with van der Waals surface area (Å²) in [6, 6.07) is 11.6. The van der Waals surface area contributed by atoms with Crippen molar-refractivity contribution >= 4 is 11.8 Å². The van der Waals surface area contributed by atoms with Crippen molar-refractivity contribution in [2.24, 2.45) is 0 Å². The van der Waals surface area contributed by atoms with Crippen LogP contribution in [0.25, 0.3) is 0 Å². The molecule has 1 nitrogen and oxygen atoms in total. The molecular weight excluding hydrogens is 269 g/mol. The summed E-state index contributed by atoms with van der Waals surface area (Å²) in [5, 5.41) is 3.20. The molecule has 2 rings (SSSR count). The predicted octanol–water partition coefficient (Wildman–Crippen LogP) is 4.70. The number of hydrogen-bond donors (Lipinski definition) is 1. The Labute approximate surface area is 124 Å². The Balaban J connectivity index is 2.28. The highest BCUT2D eigenvalue weighted by Gasteiger charge is 2.09. The number of aryl methyl sites for hydroxylation is 2. The highest BCUT2D eigenvalue weighted by Crippen LogP contribution is 2.32. The van der Waals surface area contributed by atoms with Gasteiger partial charge < -0.3 is 5.32 Å². The van der Waals surface area contributed by atoms with Gasteiger partial charge in [0.25, 0.3) is 0 Å². The molecule has 2 aromatic carbocycles. The van der Waals surface area contributed by atoms with Crippen LogP contribution in [0.1, 0.15) is 23.6 Å². The summed E-state index contributed by atoms with van der Waals surface area (Å²) < 4.78 is 14.0.